The Bertz CT molecular complexity index is 1160. The molecule has 1 aliphatic rings. The molecule has 0 saturated carbocycles. The van der Waals surface area contributed by atoms with Gasteiger partial charge in [-0.2, -0.15) is 0 Å². The molecule has 1 fully saturated rings. The number of hydrogen-bond acceptors (Lipinski definition) is 6. The van der Waals surface area contributed by atoms with Gasteiger partial charge in [-0.25, -0.2) is 9.97 Å². The molecule has 5 rings (SSSR count). The fourth-order valence-corrected chi connectivity index (χ4v) is 3.95. The second-order valence-corrected chi connectivity index (χ2v) is 7.33. The minimum atomic E-state index is -0.0834. The first kappa shape index (κ1) is 17.6. The van der Waals surface area contributed by atoms with Crippen molar-refractivity contribution in [1.82, 2.24) is 20.3 Å². The molecule has 1 saturated heterocycles. The summed E-state index contributed by atoms with van der Waals surface area (Å²) in [6.45, 7) is 1.97. The molecule has 1 aliphatic heterocycles. The van der Waals surface area contributed by atoms with Crippen LogP contribution in [0.15, 0.2) is 59.5 Å². The first-order valence-electron chi connectivity index (χ1n) is 9.83. The van der Waals surface area contributed by atoms with Gasteiger partial charge in [-0.3, -0.25) is 9.78 Å². The molecule has 0 radical (unpaired) electrons. The van der Waals surface area contributed by atoms with Gasteiger partial charge in [-0.05, 0) is 42.7 Å². The monoisotopic (exact) mass is 387 g/mol. The smallest absolute Gasteiger partial charge is 0.225 e. The molecule has 1 atom stereocenters. The zero-order valence-corrected chi connectivity index (χ0v) is 15.9. The summed E-state index contributed by atoms with van der Waals surface area (Å²) in [5.74, 6) is 0.749. The average Bonchev–Trinajstić information content (AvgIpc) is 3.17. The quantitative estimate of drug-likeness (QED) is 0.578. The van der Waals surface area contributed by atoms with Crippen LogP contribution in [0.25, 0.3) is 22.1 Å². The van der Waals surface area contributed by atoms with Crippen LogP contribution >= 0.6 is 0 Å². The normalized spacial score (nSPS) is 17.0. The average molecular weight is 387 g/mol. The zero-order chi connectivity index (χ0) is 19.6. The number of para-hydroxylation sites is 1. The minimum absolute atomic E-state index is 0.0708. The molecule has 7 nitrogen and oxygen atoms in total. The number of nitrogens with one attached hydrogen (secondary N) is 1. The number of amides is 1. The van der Waals surface area contributed by atoms with E-state index in [1.807, 2.05) is 36.4 Å². The van der Waals surface area contributed by atoms with Gasteiger partial charge >= 0.3 is 0 Å². The second-order valence-electron chi connectivity index (χ2n) is 7.33. The van der Waals surface area contributed by atoms with Crippen molar-refractivity contribution in [3.05, 3.63) is 60.7 Å². The van der Waals surface area contributed by atoms with E-state index in [2.05, 4.69) is 25.2 Å². The zero-order valence-electron chi connectivity index (χ0n) is 15.9. The molecule has 4 aromatic rings. The highest BCUT2D eigenvalue weighted by atomic mass is 16.3. The number of rotatable bonds is 4. The highest BCUT2D eigenvalue weighted by Gasteiger charge is 2.28. The Morgan fingerprint density at radius 1 is 1.17 bits per heavy atom. The first-order valence-corrected chi connectivity index (χ1v) is 9.83. The molecule has 146 valence electrons. The number of piperidine rings is 1. The number of nitrogens with zero attached hydrogens (tertiary/aromatic N) is 4. The topological polar surface area (TPSA) is 84.2 Å². The Morgan fingerprint density at radius 2 is 2.03 bits per heavy atom. The number of fused-ring (bicyclic) bond motifs is 3. The van der Waals surface area contributed by atoms with Crippen LogP contribution in [-0.2, 0) is 11.3 Å². The fraction of sp³-hybridized carbons (Fsp3) is 0.273. The SMILES string of the molecule is O=C(NCc1ccncc1)[C@@H]1CCCN(c2ncnc3c2oc2ccccc23)C1. The van der Waals surface area contributed by atoms with Crippen LogP contribution in [0, 0.1) is 5.92 Å². The maximum Gasteiger partial charge on any atom is 0.225 e. The Kier molecular flexibility index (Phi) is 4.56. The molecule has 0 unspecified atom stereocenters. The summed E-state index contributed by atoms with van der Waals surface area (Å²) in [7, 11) is 0. The maximum absolute atomic E-state index is 12.7. The molecule has 4 heterocycles. The lowest BCUT2D eigenvalue weighted by Gasteiger charge is -2.32. The van der Waals surface area contributed by atoms with Crippen molar-refractivity contribution < 1.29 is 9.21 Å². The lowest BCUT2D eigenvalue weighted by atomic mass is 9.97. The van der Waals surface area contributed by atoms with E-state index in [1.165, 1.54) is 0 Å². The van der Waals surface area contributed by atoms with Crippen LogP contribution in [0.4, 0.5) is 5.82 Å². The summed E-state index contributed by atoms with van der Waals surface area (Å²) >= 11 is 0. The molecule has 29 heavy (non-hydrogen) atoms. The van der Waals surface area contributed by atoms with Gasteiger partial charge in [-0.1, -0.05) is 12.1 Å². The van der Waals surface area contributed by atoms with Crippen LogP contribution in [0.5, 0.6) is 0 Å². The summed E-state index contributed by atoms with van der Waals surface area (Å²) in [6, 6.07) is 11.7. The summed E-state index contributed by atoms with van der Waals surface area (Å²) in [5, 5.41) is 4.03. The van der Waals surface area contributed by atoms with Gasteiger partial charge in [0.2, 0.25) is 5.91 Å². The van der Waals surface area contributed by atoms with Gasteiger partial charge in [0.15, 0.2) is 11.4 Å². The molecular weight excluding hydrogens is 366 g/mol. The first-order chi connectivity index (χ1) is 14.3. The number of anilines is 1. The number of carbonyl (C=O) groups is 1. The van der Waals surface area contributed by atoms with Crippen molar-refractivity contribution in [2.24, 2.45) is 5.92 Å². The van der Waals surface area contributed by atoms with Crippen LogP contribution < -0.4 is 10.2 Å². The number of hydrogen-bond donors (Lipinski definition) is 1. The van der Waals surface area contributed by atoms with E-state index in [1.54, 1.807) is 18.7 Å². The third-order valence-electron chi connectivity index (χ3n) is 5.45. The van der Waals surface area contributed by atoms with E-state index < -0.39 is 0 Å². The van der Waals surface area contributed by atoms with Crippen molar-refractivity contribution in [2.45, 2.75) is 19.4 Å². The van der Waals surface area contributed by atoms with E-state index in [-0.39, 0.29) is 11.8 Å². The summed E-state index contributed by atoms with van der Waals surface area (Å²) in [6.07, 6.45) is 6.84. The van der Waals surface area contributed by atoms with Crippen LogP contribution in [0.3, 0.4) is 0 Å². The van der Waals surface area contributed by atoms with Crippen molar-refractivity contribution in [1.29, 1.82) is 0 Å². The maximum atomic E-state index is 12.7. The van der Waals surface area contributed by atoms with E-state index in [0.717, 1.165) is 47.3 Å². The Balaban J connectivity index is 1.36. The van der Waals surface area contributed by atoms with Crippen LogP contribution in [0.2, 0.25) is 0 Å². The Labute approximate surface area is 167 Å². The second kappa shape index (κ2) is 7.50. The lowest BCUT2D eigenvalue weighted by Crippen LogP contribution is -2.43. The van der Waals surface area contributed by atoms with Crippen molar-refractivity contribution in [3.63, 3.8) is 0 Å². The summed E-state index contributed by atoms with van der Waals surface area (Å²) in [4.78, 5) is 27.8. The van der Waals surface area contributed by atoms with Gasteiger partial charge in [0, 0.05) is 37.4 Å². The van der Waals surface area contributed by atoms with E-state index in [9.17, 15) is 4.79 Å². The van der Waals surface area contributed by atoms with Crippen molar-refractivity contribution in [3.8, 4) is 0 Å². The lowest BCUT2D eigenvalue weighted by molar-refractivity contribution is -0.125. The Morgan fingerprint density at radius 3 is 2.93 bits per heavy atom. The van der Waals surface area contributed by atoms with E-state index in [4.69, 9.17) is 4.42 Å². The fourth-order valence-electron chi connectivity index (χ4n) is 3.95. The summed E-state index contributed by atoms with van der Waals surface area (Å²) < 4.78 is 6.06. The largest absolute Gasteiger partial charge is 0.450 e. The molecule has 1 aromatic carbocycles. The van der Waals surface area contributed by atoms with Crippen LogP contribution in [0.1, 0.15) is 18.4 Å². The van der Waals surface area contributed by atoms with Crippen LogP contribution in [-0.4, -0.2) is 33.9 Å². The highest BCUT2D eigenvalue weighted by Crippen LogP contribution is 2.33. The molecular formula is C22H21N5O2. The minimum Gasteiger partial charge on any atom is -0.450 e. The Hall–Kier alpha value is -3.48. The van der Waals surface area contributed by atoms with Gasteiger partial charge in [0.25, 0.3) is 0 Å². The molecule has 7 heteroatoms. The number of aromatic nitrogens is 3. The van der Waals surface area contributed by atoms with Gasteiger partial charge in [-0.15, -0.1) is 0 Å². The molecule has 0 spiro atoms. The van der Waals surface area contributed by atoms with Gasteiger partial charge < -0.3 is 14.6 Å². The number of carbonyl (C=O) groups excluding carboxylic acids is 1. The van der Waals surface area contributed by atoms with Gasteiger partial charge in [0.1, 0.15) is 17.4 Å². The number of benzene rings is 1. The van der Waals surface area contributed by atoms with E-state index >= 15 is 0 Å². The molecule has 1 N–H and O–H groups in total. The highest BCUT2D eigenvalue weighted by molar-refractivity contribution is 6.05. The standard InChI is InChI=1S/C22H21N5O2/c28-22(24-12-15-7-9-23-10-8-15)16-4-3-11-27(13-16)21-20-19(25-14-26-21)17-5-1-2-6-18(17)29-20/h1-2,5-10,14,16H,3-4,11-13H2,(H,24,28)/t16-/m1/s1. The van der Waals surface area contributed by atoms with E-state index in [0.29, 0.717) is 18.7 Å². The third-order valence-corrected chi connectivity index (χ3v) is 5.45. The predicted molar refractivity (Wildman–Crippen MR) is 110 cm³/mol. The number of furan rings is 1. The van der Waals surface area contributed by atoms with Crippen molar-refractivity contribution in [2.75, 3.05) is 18.0 Å². The molecule has 1 amide bonds. The third kappa shape index (κ3) is 3.40. The van der Waals surface area contributed by atoms with Crippen molar-refractivity contribution >= 4 is 33.8 Å². The molecule has 0 aliphatic carbocycles. The molecule has 3 aromatic heterocycles. The number of pyridine rings is 1. The summed E-state index contributed by atoms with van der Waals surface area (Å²) in [5.41, 5.74) is 3.34. The van der Waals surface area contributed by atoms with Gasteiger partial charge in [0.05, 0.1) is 5.92 Å². The molecule has 0 bridgehead atoms. The predicted octanol–water partition coefficient (Wildman–Crippen LogP) is 3.30.